The van der Waals surface area contributed by atoms with Crippen molar-refractivity contribution in [2.75, 3.05) is 13.2 Å². The molecule has 0 aliphatic carbocycles. The van der Waals surface area contributed by atoms with Crippen LogP contribution in [-0.2, 0) is 17.8 Å². The van der Waals surface area contributed by atoms with Crippen LogP contribution in [-0.4, -0.2) is 25.1 Å². The highest BCUT2D eigenvalue weighted by Gasteiger charge is 2.20. The van der Waals surface area contributed by atoms with E-state index in [0.29, 0.717) is 0 Å². The van der Waals surface area contributed by atoms with Gasteiger partial charge in [0.15, 0.2) is 0 Å². The number of benzene rings is 1. The molecule has 1 saturated heterocycles. The van der Waals surface area contributed by atoms with Crippen LogP contribution in [0.1, 0.15) is 30.4 Å². The van der Waals surface area contributed by atoms with Crippen molar-refractivity contribution in [3.8, 4) is 5.75 Å². The molecule has 102 valence electrons. The molecule has 1 atom stereocenters. The van der Waals surface area contributed by atoms with Gasteiger partial charge in [0, 0.05) is 19.5 Å². The fourth-order valence-electron chi connectivity index (χ4n) is 2.73. The molecular formula is C15H20N2O2. The van der Waals surface area contributed by atoms with Crippen LogP contribution >= 0.6 is 0 Å². The van der Waals surface area contributed by atoms with Gasteiger partial charge in [-0.2, -0.15) is 0 Å². The van der Waals surface area contributed by atoms with Gasteiger partial charge in [-0.3, -0.25) is 4.79 Å². The molecule has 2 aliphatic heterocycles. The molecule has 1 unspecified atom stereocenters. The van der Waals surface area contributed by atoms with Crippen molar-refractivity contribution in [3.63, 3.8) is 0 Å². The summed E-state index contributed by atoms with van der Waals surface area (Å²) in [6, 6.07) is 6.24. The van der Waals surface area contributed by atoms with E-state index in [1.165, 1.54) is 11.1 Å². The van der Waals surface area contributed by atoms with Gasteiger partial charge in [0.2, 0.25) is 5.91 Å². The van der Waals surface area contributed by atoms with Gasteiger partial charge >= 0.3 is 0 Å². The van der Waals surface area contributed by atoms with E-state index in [4.69, 9.17) is 4.74 Å². The second-order valence-electron chi connectivity index (χ2n) is 5.26. The smallest absolute Gasteiger partial charge is 0.237 e. The third-order valence-electron chi connectivity index (χ3n) is 3.84. The van der Waals surface area contributed by atoms with Crippen molar-refractivity contribution >= 4 is 5.91 Å². The summed E-state index contributed by atoms with van der Waals surface area (Å²) < 4.78 is 5.50. The first-order valence-electron chi connectivity index (χ1n) is 7.08. The Labute approximate surface area is 113 Å². The summed E-state index contributed by atoms with van der Waals surface area (Å²) in [7, 11) is 0. The lowest BCUT2D eigenvalue weighted by Crippen LogP contribution is -2.42. The van der Waals surface area contributed by atoms with Crippen LogP contribution < -0.4 is 15.4 Å². The molecular weight excluding hydrogens is 240 g/mol. The standard InChI is InChI=1S/C15H20N2O2/c18-15-13(3-1-2-7-16-15)17-10-11-4-5-14-12(9-11)6-8-19-14/h4-5,9,13,17H,1-3,6-8,10H2,(H,16,18). The fourth-order valence-corrected chi connectivity index (χ4v) is 2.73. The zero-order valence-electron chi connectivity index (χ0n) is 11.1. The Morgan fingerprint density at radius 1 is 1.37 bits per heavy atom. The molecule has 19 heavy (non-hydrogen) atoms. The summed E-state index contributed by atoms with van der Waals surface area (Å²) in [5.74, 6) is 1.15. The van der Waals surface area contributed by atoms with Crippen LogP contribution in [0.3, 0.4) is 0 Å². The minimum absolute atomic E-state index is 0.0491. The summed E-state index contributed by atoms with van der Waals surface area (Å²) in [4.78, 5) is 11.8. The van der Waals surface area contributed by atoms with Crippen LogP contribution in [0.4, 0.5) is 0 Å². The van der Waals surface area contributed by atoms with Gasteiger partial charge in [-0.05, 0) is 36.5 Å². The van der Waals surface area contributed by atoms with Crippen LogP contribution in [0.25, 0.3) is 0 Å². The monoisotopic (exact) mass is 260 g/mol. The molecule has 2 N–H and O–H groups in total. The Hall–Kier alpha value is -1.55. The summed E-state index contributed by atoms with van der Waals surface area (Å²) in [6.07, 6.45) is 4.11. The van der Waals surface area contributed by atoms with E-state index in [0.717, 1.165) is 51.1 Å². The van der Waals surface area contributed by atoms with E-state index >= 15 is 0 Å². The Morgan fingerprint density at radius 3 is 3.26 bits per heavy atom. The predicted octanol–water partition coefficient (Wildman–Crippen LogP) is 1.38. The van der Waals surface area contributed by atoms with Gasteiger partial charge in [-0.1, -0.05) is 12.1 Å². The van der Waals surface area contributed by atoms with Gasteiger partial charge in [-0.25, -0.2) is 0 Å². The number of amides is 1. The normalized spacial score (nSPS) is 22.3. The number of hydrogen-bond acceptors (Lipinski definition) is 3. The second-order valence-corrected chi connectivity index (χ2v) is 5.26. The van der Waals surface area contributed by atoms with Gasteiger partial charge in [0.1, 0.15) is 5.75 Å². The van der Waals surface area contributed by atoms with Gasteiger partial charge in [-0.15, -0.1) is 0 Å². The minimum Gasteiger partial charge on any atom is -0.493 e. The Kier molecular flexibility index (Phi) is 3.69. The third kappa shape index (κ3) is 2.89. The Bertz CT molecular complexity index is 473. The lowest BCUT2D eigenvalue weighted by molar-refractivity contribution is -0.122. The first-order chi connectivity index (χ1) is 9.33. The molecule has 0 radical (unpaired) electrons. The molecule has 0 bridgehead atoms. The van der Waals surface area contributed by atoms with Gasteiger partial charge < -0.3 is 15.4 Å². The Morgan fingerprint density at radius 2 is 2.32 bits per heavy atom. The van der Waals surface area contributed by atoms with Crippen molar-refractivity contribution in [1.82, 2.24) is 10.6 Å². The maximum absolute atomic E-state index is 11.8. The fraction of sp³-hybridized carbons (Fsp3) is 0.533. The second kappa shape index (κ2) is 5.61. The molecule has 4 heteroatoms. The van der Waals surface area contributed by atoms with E-state index < -0.39 is 0 Å². The molecule has 0 aromatic heterocycles. The average Bonchev–Trinajstić information content (AvgIpc) is 2.79. The maximum atomic E-state index is 11.8. The number of hydrogen-bond donors (Lipinski definition) is 2. The number of fused-ring (bicyclic) bond motifs is 1. The molecule has 1 fully saturated rings. The summed E-state index contributed by atoms with van der Waals surface area (Å²) in [5, 5.41) is 6.32. The van der Waals surface area contributed by atoms with Crippen LogP contribution in [0.5, 0.6) is 5.75 Å². The van der Waals surface area contributed by atoms with E-state index in [1.54, 1.807) is 0 Å². The van der Waals surface area contributed by atoms with Crippen LogP contribution in [0.2, 0.25) is 0 Å². The minimum atomic E-state index is -0.0491. The number of carbonyl (C=O) groups is 1. The molecule has 2 aliphatic rings. The lowest BCUT2D eigenvalue weighted by atomic mass is 10.1. The molecule has 0 spiro atoms. The maximum Gasteiger partial charge on any atom is 0.237 e. The number of ether oxygens (including phenoxy) is 1. The third-order valence-corrected chi connectivity index (χ3v) is 3.84. The first kappa shape index (κ1) is 12.5. The van der Waals surface area contributed by atoms with Gasteiger partial charge in [0.05, 0.1) is 12.6 Å². The van der Waals surface area contributed by atoms with Crippen molar-refractivity contribution in [2.24, 2.45) is 0 Å². The number of rotatable bonds is 3. The topological polar surface area (TPSA) is 50.4 Å². The van der Waals surface area contributed by atoms with Crippen molar-refractivity contribution in [1.29, 1.82) is 0 Å². The molecule has 1 aromatic carbocycles. The summed E-state index contributed by atoms with van der Waals surface area (Å²) in [5.41, 5.74) is 2.51. The zero-order valence-corrected chi connectivity index (χ0v) is 11.1. The van der Waals surface area contributed by atoms with Crippen molar-refractivity contribution in [2.45, 2.75) is 38.3 Å². The molecule has 2 heterocycles. The summed E-state index contributed by atoms with van der Waals surface area (Å²) in [6.45, 7) is 2.34. The van der Waals surface area contributed by atoms with Crippen LogP contribution in [0.15, 0.2) is 18.2 Å². The van der Waals surface area contributed by atoms with E-state index in [1.807, 2.05) is 6.07 Å². The highest BCUT2D eigenvalue weighted by molar-refractivity contribution is 5.81. The SMILES string of the molecule is O=C1NCCCCC1NCc1ccc2c(c1)CCO2. The van der Waals surface area contributed by atoms with Crippen molar-refractivity contribution in [3.05, 3.63) is 29.3 Å². The van der Waals surface area contributed by atoms with Crippen molar-refractivity contribution < 1.29 is 9.53 Å². The molecule has 1 aromatic rings. The predicted molar refractivity (Wildman–Crippen MR) is 73.1 cm³/mol. The molecule has 1 amide bonds. The average molecular weight is 260 g/mol. The lowest BCUT2D eigenvalue weighted by Gasteiger charge is -2.15. The first-order valence-corrected chi connectivity index (χ1v) is 7.08. The molecule has 0 saturated carbocycles. The highest BCUT2D eigenvalue weighted by Crippen LogP contribution is 2.25. The van der Waals surface area contributed by atoms with Crippen LogP contribution in [0, 0.1) is 0 Å². The largest absolute Gasteiger partial charge is 0.493 e. The Balaban J connectivity index is 1.60. The number of nitrogens with one attached hydrogen (secondary N) is 2. The molecule has 3 rings (SSSR count). The van der Waals surface area contributed by atoms with Gasteiger partial charge in [0.25, 0.3) is 0 Å². The van der Waals surface area contributed by atoms with E-state index in [9.17, 15) is 4.79 Å². The van der Waals surface area contributed by atoms with E-state index in [2.05, 4.69) is 22.8 Å². The highest BCUT2D eigenvalue weighted by atomic mass is 16.5. The summed E-state index contributed by atoms with van der Waals surface area (Å²) >= 11 is 0. The molecule has 4 nitrogen and oxygen atoms in total. The quantitative estimate of drug-likeness (QED) is 0.863. The van der Waals surface area contributed by atoms with E-state index in [-0.39, 0.29) is 11.9 Å². The number of carbonyl (C=O) groups excluding carboxylic acids is 1. The zero-order chi connectivity index (χ0) is 13.1.